The van der Waals surface area contributed by atoms with Gasteiger partial charge >= 0.3 is 5.97 Å². The number of esters is 1. The second-order valence-electron chi connectivity index (χ2n) is 7.56. The number of nitrogens with one attached hydrogen (secondary N) is 1. The quantitative estimate of drug-likeness (QED) is 0.577. The van der Waals surface area contributed by atoms with Crippen molar-refractivity contribution >= 4 is 23.9 Å². The van der Waals surface area contributed by atoms with Crippen LogP contribution in [0.4, 0.5) is 0 Å². The predicted molar refractivity (Wildman–Crippen MR) is 108 cm³/mol. The molecule has 0 aliphatic carbocycles. The molecule has 0 saturated carbocycles. The van der Waals surface area contributed by atoms with Crippen LogP contribution in [-0.2, 0) is 19.1 Å². The van der Waals surface area contributed by atoms with Gasteiger partial charge in [0.05, 0.1) is 7.11 Å². The van der Waals surface area contributed by atoms with E-state index in [0.29, 0.717) is 32.4 Å². The Hall–Kier alpha value is -2.63. The van der Waals surface area contributed by atoms with Crippen molar-refractivity contribution in [2.24, 2.45) is 11.8 Å². The van der Waals surface area contributed by atoms with E-state index >= 15 is 0 Å². The van der Waals surface area contributed by atoms with Gasteiger partial charge in [0.1, 0.15) is 6.04 Å². The summed E-state index contributed by atoms with van der Waals surface area (Å²) in [5, 5.41) is 2.83. The van der Waals surface area contributed by atoms with Gasteiger partial charge in [-0.2, -0.15) is 0 Å². The number of methoxy groups -OCH3 is 1. The molecule has 0 radical (unpaired) electrons. The van der Waals surface area contributed by atoms with Crippen LogP contribution in [0, 0.1) is 11.8 Å². The van der Waals surface area contributed by atoms with E-state index in [-0.39, 0.29) is 23.7 Å². The molecule has 1 saturated heterocycles. The minimum atomic E-state index is -0.619. The van der Waals surface area contributed by atoms with E-state index in [9.17, 15) is 14.4 Å². The number of nitrogens with zero attached hydrogens (tertiary/aromatic N) is 1. The molecule has 1 atom stereocenters. The number of likely N-dealkylation sites (tertiary alicyclic amines) is 1. The van der Waals surface area contributed by atoms with Gasteiger partial charge < -0.3 is 15.0 Å². The van der Waals surface area contributed by atoms with Crippen molar-refractivity contribution in [3.05, 3.63) is 42.0 Å². The summed E-state index contributed by atoms with van der Waals surface area (Å²) < 4.78 is 4.80. The molecule has 6 nitrogen and oxygen atoms in total. The van der Waals surface area contributed by atoms with Gasteiger partial charge in [0.25, 0.3) is 0 Å². The summed E-state index contributed by atoms with van der Waals surface area (Å²) >= 11 is 0. The third-order valence-electron chi connectivity index (χ3n) is 4.90. The number of benzene rings is 1. The van der Waals surface area contributed by atoms with Crippen LogP contribution in [0.2, 0.25) is 0 Å². The molecule has 1 aliphatic rings. The molecule has 28 heavy (non-hydrogen) atoms. The van der Waals surface area contributed by atoms with Crippen molar-refractivity contribution in [3.63, 3.8) is 0 Å². The number of carbonyl (C=O) groups excluding carboxylic acids is 3. The van der Waals surface area contributed by atoms with Gasteiger partial charge in [-0.05, 0) is 36.8 Å². The first kappa shape index (κ1) is 21.7. The minimum Gasteiger partial charge on any atom is -0.467 e. The van der Waals surface area contributed by atoms with Crippen molar-refractivity contribution in [2.75, 3.05) is 20.2 Å². The Morgan fingerprint density at radius 2 is 1.82 bits per heavy atom. The van der Waals surface area contributed by atoms with Crippen LogP contribution in [0.5, 0.6) is 0 Å². The van der Waals surface area contributed by atoms with Gasteiger partial charge in [-0.1, -0.05) is 44.2 Å². The average molecular weight is 386 g/mol. The third-order valence-corrected chi connectivity index (χ3v) is 4.90. The summed E-state index contributed by atoms with van der Waals surface area (Å²) in [7, 11) is 1.33. The van der Waals surface area contributed by atoms with Gasteiger partial charge in [-0.15, -0.1) is 0 Å². The zero-order chi connectivity index (χ0) is 20.5. The Bertz CT molecular complexity index is 692. The van der Waals surface area contributed by atoms with Crippen molar-refractivity contribution in [2.45, 2.75) is 39.2 Å². The average Bonchev–Trinajstić information content (AvgIpc) is 2.71. The van der Waals surface area contributed by atoms with Gasteiger partial charge in [0, 0.05) is 25.1 Å². The second kappa shape index (κ2) is 10.6. The Balaban J connectivity index is 1.84. The van der Waals surface area contributed by atoms with Crippen LogP contribution >= 0.6 is 0 Å². The van der Waals surface area contributed by atoms with Crippen LogP contribution < -0.4 is 5.32 Å². The molecule has 1 aliphatic heterocycles. The lowest BCUT2D eigenvalue weighted by Gasteiger charge is -2.31. The molecule has 0 bridgehead atoms. The van der Waals surface area contributed by atoms with Crippen molar-refractivity contribution in [1.82, 2.24) is 10.2 Å². The number of rotatable bonds is 7. The van der Waals surface area contributed by atoms with Crippen molar-refractivity contribution < 1.29 is 19.1 Å². The fourth-order valence-corrected chi connectivity index (χ4v) is 3.32. The molecule has 1 heterocycles. The molecular weight excluding hydrogens is 356 g/mol. The van der Waals surface area contributed by atoms with E-state index in [1.165, 1.54) is 7.11 Å². The first-order chi connectivity index (χ1) is 13.4. The molecule has 2 rings (SSSR count). The van der Waals surface area contributed by atoms with Crippen LogP contribution in [0.3, 0.4) is 0 Å². The van der Waals surface area contributed by atoms with Gasteiger partial charge in [0.2, 0.25) is 11.8 Å². The van der Waals surface area contributed by atoms with Crippen molar-refractivity contribution in [1.29, 1.82) is 0 Å². The Morgan fingerprint density at radius 1 is 1.18 bits per heavy atom. The molecule has 152 valence electrons. The lowest BCUT2D eigenvalue weighted by atomic mass is 9.94. The third kappa shape index (κ3) is 6.51. The highest BCUT2D eigenvalue weighted by molar-refractivity contribution is 5.92. The summed E-state index contributed by atoms with van der Waals surface area (Å²) in [6.45, 7) is 5.05. The van der Waals surface area contributed by atoms with Crippen LogP contribution in [0.1, 0.15) is 38.7 Å². The Labute approximate surface area is 166 Å². The smallest absolute Gasteiger partial charge is 0.328 e. The summed E-state index contributed by atoms with van der Waals surface area (Å²) in [4.78, 5) is 38.6. The SMILES string of the molecule is COC(=O)C(CC(C)C)NC(=O)C1CCN(C(=O)/C=C/c2ccccc2)CC1. The molecule has 0 aromatic heterocycles. The Kier molecular flexibility index (Phi) is 8.23. The van der Waals surface area contributed by atoms with E-state index in [4.69, 9.17) is 4.74 Å². The summed E-state index contributed by atoms with van der Waals surface area (Å²) in [6.07, 6.45) is 5.10. The molecule has 1 fully saturated rings. The van der Waals surface area contributed by atoms with Gasteiger partial charge in [-0.3, -0.25) is 9.59 Å². The zero-order valence-corrected chi connectivity index (χ0v) is 16.9. The number of ether oxygens (including phenoxy) is 1. The molecule has 2 amide bonds. The molecule has 6 heteroatoms. The maximum Gasteiger partial charge on any atom is 0.328 e. The largest absolute Gasteiger partial charge is 0.467 e. The number of hydrogen-bond donors (Lipinski definition) is 1. The standard InChI is InChI=1S/C22H30N2O4/c1-16(2)15-19(22(27)28-3)23-21(26)18-11-13-24(14-12-18)20(25)10-9-17-7-5-4-6-8-17/h4-10,16,18-19H,11-15H2,1-3H3,(H,23,26)/b10-9+. The maximum atomic E-state index is 12.6. The summed E-state index contributed by atoms with van der Waals surface area (Å²) in [5.74, 6) is -0.527. The van der Waals surface area contributed by atoms with E-state index < -0.39 is 12.0 Å². The van der Waals surface area contributed by atoms with Crippen LogP contribution in [0.15, 0.2) is 36.4 Å². The van der Waals surface area contributed by atoms with Crippen molar-refractivity contribution in [3.8, 4) is 0 Å². The first-order valence-electron chi connectivity index (χ1n) is 9.81. The lowest BCUT2D eigenvalue weighted by Crippen LogP contribution is -2.48. The van der Waals surface area contributed by atoms with Gasteiger partial charge in [-0.25, -0.2) is 4.79 Å². The highest BCUT2D eigenvalue weighted by Gasteiger charge is 2.30. The van der Waals surface area contributed by atoms with E-state index in [1.807, 2.05) is 44.2 Å². The van der Waals surface area contributed by atoms with Crippen LogP contribution in [0.25, 0.3) is 6.08 Å². The molecular formula is C22H30N2O4. The highest BCUT2D eigenvalue weighted by atomic mass is 16.5. The number of amides is 2. The topological polar surface area (TPSA) is 75.7 Å². The number of carbonyl (C=O) groups is 3. The van der Waals surface area contributed by atoms with Gasteiger partial charge in [0.15, 0.2) is 0 Å². The minimum absolute atomic E-state index is 0.0463. The monoisotopic (exact) mass is 386 g/mol. The fourth-order valence-electron chi connectivity index (χ4n) is 3.32. The summed E-state index contributed by atoms with van der Waals surface area (Å²) in [5.41, 5.74) is 0.976. The first-order valence-corrected chi connectivity index (χ1v) is 9.81. The second-order valence-corrected chi connectivity index (χ2v) is 7.56. The number of piperidine rings is 1. The lowest BCUT2D eigenvalue weighted by molar-refractivity contribution is -0.146. The van der Waals surface area contributed by atoms with E-state index in [2.05, 4.69) is 5.32 Å². The Morgan fingerprint density at radius 3 is 2.39 bits per heavy atom. The zero-order valence-electron chi connectivity index (χ0n) is 16.9. The fraction of sp³-hybridized carbons (Fsp3) is 0.500. The summed E-state index contributed by atoms with van der Waals surface area (Å²) in [6, 6.07) is 9.04. The molecule has 1 aromatic carbocycles. The number of hydrogen-bond acceptors (Lipinski definition) is 4. The van der Waals surface area contributed by atoms with E-state index in [0.717, 1.165) is 5.56 Å². The normalized spacial score (nSPS) is 16.2. The van der Waals surface area contributed by atoms with Crippen LogP contribution in [-0.4, -0.2) is 48.9 Å². The maximum absolute atomic E-state index is 12.6. The highest BCUT2D eigenvalue weighted by Crippen LogP contribution is 2.19. The predicted octanol–water partition coefficient (Wildman–Crippen LogP) is 2.64. The molecule has 0 spiro atoms. The molecule has 1 aromatic rings. The molecule has 1 unspecified atom stereocenters. The molecule has 1 N–H and O–H groups in total. The van der Waals surface area contributed by atoms with E-state index in [1.54, 1.807) is 17.1 Å².